The number of rotatable bonds is 8. The summed E-state index contributed by atoms with van der Waals surface area (Å²) < 4.78 is 10.6. The molecule has 0 radical (unpaired) electrons. The number of hydrogen-bond donors (Lipinski definition) is 2. The average Bonchev–Trinajstić information content (AvgIpc) is 3.17. The van der Waals surface area contributed by atoms with Crippen molar-refractivity contribution in [1.29, 1.82) is 0 Å². The predicted molar refractivity (Wildman–Crippen MR) is 95.7 cm³/mol. The first kappa shape index (κ1) is 20.2. The van der Waals surface area contributed by atoms with Crippen molar-refractivity contribution in [2.75, 3.05) is 6.61 Å². The molecule has 0 aromatic carbocycles. The van der Waals surface area contributed by atoms with Crippen molar-refractivity contribution in [2.24, 2.45) is 5.92 Å². The van der Waals surface area contributed by atoms with Crippen LogP contribution in [-0.2, 0) is 14.3 Å². The van der Waals surface area contributed by atoms with Crippen LogP contribution in [-0.4, -0.2) is 42.4 Å². The van der Waals surface area contributed by atoms with Gasteiger partial charge in [-0.2, -0.15) is 0 Å². The predicted octanol–water partition coefficient (Wildman–Crippen LogP) is 1.99. The largest absolute Gasteiger partial charge is 0.469 e. The van der Waals surface area contributed by atoms with E-state index in [1.54, 1.807) is 13.0 Å². The van der Waals surface area contributed by atoms with Crippen molar-refractivity contribution in [1.82, 2.24) is 10.6 Å². The molecule has 1 aromatic heterocycles. The fraction of sp³-hybridized carbons (Fsp3) is 0.632. The van der Waals surface area contributed by atoms with E-state index in [0.717, 1.165) is 6.42 Å². The zero-order valence-electron chi connectivity index (χ0n) is 15.8. The SMILES string of the molecule is CCC1OCC(=O)C1NC(=O)C(CCC(C)C)NC(=O)c1ccoc1C. The Morgan fingerprint density at radius 3 is 2.62 bits per heavy atom. The molecule has 26 heavy (non-hydrogen) atoms. The van der Waals surface area contributed by atoms with Gasteiger partial charge in [-0.05, 0) is 38.2 Å². The normalized spacial score (nSPS) is 21.0. The van der Waals surface area contributed by atoms with E-state index < -0.39 is 12.1 Å². The summed E-state index contributed by atoms with van der Waals surface area (Å²) in [6.45, 7) is 7.72. The monoisotopic (exact) mass is 364 g/mol. The Bertz CT molecular complexity index is 652. The van der Waals surface area contributed by atoms with Crippen LogP contribution in [0.4, 0.5) is 0 Å². The highest BCUT2D eigenvalue weighted by Crippen LogP contribution is 2.15. The van der Waals surface area contributed by atoms with Gasteiger partial charge in [-0.3, -0.25) is 14.4 Å². The molecular formula is C19H28N2O5. The van der Waals surface area contributed by atoms with E-state index >= 15 is 0 Å². The van der Waals surface area contributed by atoms with E-state index in [-0.39, 0.29) is 30.3 Å². The molecular weight excluding hydrogens is 336 g/mol. The van der Waals surface area contributed by atoms with E-state index in [1.807, 2.05) is 6.92 Å². The van der Waals surface area contributed by atoms with Gasteiger partial charge < -0.3 is 19.8 Å². The number of ketones is 1. The van der Waals surface area contributed by atoms with Crippen molar-refractivity contribution in [3.05, 3.63) is 23.7 Å². The van der Waals surface area contributed by atoms with Crippen LogP contribution in [0.5, 0.6) is 0 Å². The van der Waals surface area contributed by atoms with Crippen molar-refractivity contribution >= 4 is 17.6 Å². The van der Waals surface area contributed by atoms with Crippen LogP contribution in [0.2, 0.25) is 0 Å². The maximum absolute atomic E-state index is 12.8. The fourth-order valence-electron chi connectivity index (χ4n) is 2.99. The number of carbonyl (C=O) groups is 3. The molecule has 3 unspecified atom stereocenters. The number of carbonyl (C=O) groups excluding carboxylic acids is 3. The number of Topliss-reactive ketones (excluding diaryl/α,β-unsaturated/α-hetero) is 1. The molecule has 0 spiro atoms. The van der Waals surface area contributed by atoms with Gasteiger partial charge in [0.05, 0.1) is 17.9 Å². The summed E-state index contributed by atoms with van der Waals surface area (Å²) in [4.78, 5) is 37.2. The molecule has 1 aliphatic heterocycles. The molecule has 3 atom stereocenters. The lowest BCUT2D eigenvalue weighted by Gasteiger charge is -2.23. The molecule has 144 valence electrons. The molecule has 1 aliphatic rings. The van der Waals surface area contributed by atoms with Crippen LogP contribution in [0.15, 0.2) is 16.7 Å². The number of amides is 2. The van der Waals surface area contributed by atoms with Crippen molar-refractivity contribution < 1.29 is 23.5 Å². The van der Waals surface area contributed by atoms with Gasteiger partial charge in [0.15, 0.2) is 5.78 Å². The molecule has 7 heteroatoms. The summed E-state index contributed by atoms with van der Waals surface area (Å²) in [6, 6.07) is 0.204. The molecule has 2 N–H and O–H groups in total. The Morgan fingerprint density at radius 1 is 1.31 bits per heavy atom. The van der Waals surface area contributed by atoms with Gasteiger partial charge in [0.25, 0.3) is 5.91 Å². The Labute approximate surface area is 153 Å². The highest BCUT2D eigenvalue weighted by atomic mass is 16.5. The van der Waals surface area contributed by atoms with Crippen LogP contribution in [0.25, 0.3) is 0 Å². The van der Waals surface area contributed by atoms with Gasteiger partial charge >= 0.3 is 0 Å². The first-order valence-corrected chi connectivity index (χ1v) is 9.13. The van der Waals surface area contributed by atoms with Crippen LogP contribution < -0.4 is 10.6 Å². The lowest BCUT2D eigenvalue weighted by molar-refractivity contribution is -0.127. The van der Waals surface area contributed by atoms with E-state index in [1.165, 1.54) is 6.26 Å². The van der Waals surface area contributed by atoms with Crippen molar-refractivity contribution in [3.8, 4) is 0 Å². The first-order valence-electron chi connectivity index (χ1n) is 9.13. The molecule has 2 rings (SSSR count). The number of hydrogen-bond acceptors (Lipinski definition) is 5. The quantitative estimate of drug-likeness (QED) is 0.735. The maximum Gasteiger partial charge on any atom is 0.255 e. The Hall–Kier alpha value is -2.15. The lowest BCUT2D eigenvalue weighted by Crippen LogP contribution is -2.53. The molecule has 1 saturated heterocycles. The van der Waals surface area contributed by atoms with E-state index in [2.05, 4.69) is 24.5 Å². The Kier molecular flexibility index (Phi) is 6.97. The second-order valence-electron chi connectivity index (χ2n) is 7.10. The molecule has 2 heterocycles. The number of aryl methyl sites for hydroxylation is 1. The first-order chi connectivity index (χ1) is 12.3. The van der Waals surface area contributed by atoms with E-state index in [9.17, 15) is 14.4 Å². The van der Waals surface area contributed by atoms with E-state index in [4.69, 9.17) is 9.15 Å². The lowest BCUT2D eigenvalue weighted by atomic mass is 10.0. The minimum atomic E-state index is -0.717. The summed E-state index contributed by atoms with van der Waals surface area (Å²) in [5.41, 5.74) is 0.402. The zero-order chi connectivity index (χ0) is 19.3. The summed E-state index contributed by atoms with van der Waals surface area (Å²) in [7, 11) is 0. The third-order valence-corrected chi connectivity index (χ3v) is 4.62. The standard InChI is InChI=1S/C19H28N2O5/c1-5-16-17(15(22)10-26-16)21-19(24)14(7-6-11(2)3)20-18(23)13-8-9-25-12(13)4/h8-9,11,14,16-17H,5-7,10H2,1-4H3,(H,20,23)(H,21,24). The minimum absolute atomic E-state index is 0.0146. The zero-order valence-corrected chi connectivity index (χ0v) is 15.8. The summed E-state index contributed by atoms with van der Waals surface area (Å²) >= 11 is 0. The van der Waals surface area contributed by atoms with Crippen LogP contribution in [0.3, 0.4) is 0 Å². The molecule has 0 bridgehead atoms. The van der Waals surface area contributed by atoms with Gasteiger partial charge in [0.1, 0.15) is 24.5 Å². The molecule has 7 nitrogen and oxygen atoms in total. The number of ether oxygens (including phenoxy) is 1. The third-order valence-electron chi connectivity index (χ3n) is 4.62. The van der Waals surface area contributed by atoms with Gasteiger partial charge in [-0.1, -0.05) is 20.8 Å². The summed E-state index contributed by atoms with van der Waals surface area (Å²) in [5, 5.41) is 5.54. The third kappa shape index (κ3) is 4.94. The molecule has 1 aromatic rings. The smallest absolute Gasteiger partial charge is 0.255 e. The average molecular weight is 364 g/mol. The Morgan fingerprint density at radius 2 is 2.04 bits per heavy atom. The second kappa shape index (κ2) is 8.98. The van der Waals surface area contributed by atoms with E-state index in [0.29, 0.717) is 30.1 Å². The maximum atomic E-state index is 12.8. The van der Waals surface area contributed by atoms with Gasteiger partial charge in [0.2, 0.25) is 5.91 Å². The van der Waals surface area contributed by atoms with Crippen LogP contribution >= 0.6 is 0 Å². The van der Waals surface area contributed by atoms with Gasteiger partial charge in [-0.25, -0.2) is 0 Å². The summed E-state index contributed by atoms with van der Waals surface area (Å²) in [5.74, 6) is 0.0297. The number of nitrogens with one attached hydrogen (secondary N) is 2. The van der Waals surface area contributed by atoms with Crippen molar-refractivity contribution in [3.63, 3.8) is 0 Å². The molecule has 1 fully saturated rings. The second-order valence-corrected chi connectivity index (χ2v) is 7.10. The minimum Gasteiger partial charge on any atom is -0.469 e. The fourth-order valence-corrected chi connectivity index (χ4v) is 2.99. The topological polar surface area (TPSA) is 97.6 Å². The highest BCUT2D eigenvalue weighted by molar-refractivity contribution is 5.99. The van der Waals surface area contributed by atoms with Gasteiger partial charge in [0, 0.05) is 0 Å². The number of furan rings is 1. The molecule has 2 amide bonds. The van der Waals surface area contributed by atoms with Crippen LogP contribution in [0.1, 0.15) is 56.2 Å². The molecule has 0 saturated carbocycles. The molecule has 0 aliphatic carbocycles. The van der Waals surface area contributed by atoms with Crippen molar-refractivity contribution in [2.45, 2.75) is 65.1 Å². The van der Waals surface area contributed by atoms with Crippen LogP contribution in [0, 0.1) is 12.8 Å². The summed E-state index contributed by atoms with van der Waals surface area (Å²) in [6.07, 6.45) is 3.02. The highest BCUT2D eigenvalue weighted by Gasteiger charge is 2.37. The Balaban J connectivity index is 2.07. The van der Waals surface area contributed by atoms with Gasteiger partial charge in [-0.15, -0.1) is 0 Å².